The Hall–Kier alpha value is -1.57. The molecule has 0 saturated carbocycles. The lowest BCUT2D eigenvalue weighted by molar-refractivity contribution is -0.695. The minimum Gasteiger partial charge on any atom is -0.247 e. The second-order valence-electron chi connectivity index (χ2n) is 9.48. The van der Waals surface area contributed by atoms with Gasteiger partial charge in [0.1, 0.15) is 18.9 Å². The number of rotatable bonds is 19. The maximum Gasteiger partial charge on any atom is 0.257 e. The Morgan fingerprint density at radius 3 is 1.84 bits per heavy atom. The van der Waals surface area contributed by atoms with Crippen molar-refractivity contribution < 1.29 is 4.57 Å². The van der Waals surface area contributed by atoms with Gasteiger partial charge in [-0.2, -0.15) is 0 Å². The molecule has 1 N–H and O–H groups in total. The molecule has 0 aliphatic heterocycles. The fourth-order valence-electron chi connectivity index (χ4n) is 4.82. The average molecular weight is 426 g/mol. The second kappa shape index (κ2) is 17.0. The van der Waals surface area contributed by atoms with E-state index in [0.717, 1.165) is 6.54 Å². The van der Waals surface area contributed by atoms with Crippen LogP contribution in [0.2, 0.25) is 0 Å². The van der Waals surface area contributed by atoms with Crippen molar-refractivity contribution >= 4 is 0 Å². The topological polar surface area (TPSA) is 19.7 Å². The van der Waals surface area contributed by atoms with E-state index >= 15 is 0 Å². The van der Waals surface area contributed by atoms with Gasteiger partial charge in [-0.15, -0.1) is 0 Å². The van der Waals surface area contributed by atoms with E-state index in [-0.39, 0.29) is 0 Å². The molecule has 0 spiro atoms. The third kappa shape index (κ3) is 11.0. The Morgan fingerprint density at radius 2 is 1.26 bits per heavy atom. The first-order chi connectivity index (χ1) is 15.3. The fourth-order valence-corrected chi connectivity index (χ4v) is 4.82. The molecule has 31 heavy (non-hydrogen) atoms. The lowest BCUT2D eigenvalue weighted by Gasteiger charge is -2.13. The van der Waals surface area contributed by atoms with Crippen molar-refractivity contribution in [3.05, 3.63) is 54.1 Å². The van der Waals surface area contributed by atoms with Gasteiger partial charge in [-0.3, -0.25) is 0 Å². The molecule has 0 bridgehead atoms. The number of aromatic amines is 1. The number of unbranched alkanes of at least 4 members (excludes halogenated alkanes) is 12. The number of hydrogen-bond donors (Lipinski definition) is 1. The molecule has 1 aromatic heterocycles. The SMILES string of the molecule is CCCCCCCCCCCCCCC[C@H](CCC)c1[nH]cc[n+]1Cc1ccccc1. The first-order valence-electron chi connectivity index (χ1n) is 13.5. The lowest BCUT2D eigenvalue weighted by atomic mass is 9.95. The van der Waals surface area contributed by atoms with Gasteiger partial charge < -0.3 is 0 Å². The highest BCUT2D eigenvalue weighted by Gasteiger charge is 2.22. The monoisotopic (exact) mass is 425 g/mol. The van der Waals surface area contributed by atoms with Gasteiger partial charge in [-0.25, -0.2) is 9.55 Å². The van der Waals surface area contributed by atoms with E-state index in [0.29, 0.717) is 5.92 Å². The molecule has 0 saturated heterocycles. The minimum absolute atomic E-state index is 0.663. The zero-order valence-corrected chi connectivity index (χ0v) is 20.6. The summed E-state index contributed by atoms with van der Waals surface area (Å²) in [5.74, 6) is 2.08. The molecule has 2 aromatic rings. The van der Waals surface area contributed by atoms with E-state index in [4.69, 9.17) is 0 Å². The Labute approximate surface area is 192 Å². The molecule has 1 atom stereocenters. The maximum absolute atomic E-state index is 3.57. The number of benzene rings is 1. The Bertz CT molecular complexity index is 646. The smallest absolute Gasteiger partial charge is 0.247 e. The molecule has 0 unspecified atom stereocenters. The molecule has 1 aromatic carbocycles. The van der Waals surface area contributed by atoms with Gasteiger partial charge in [0.2, 0.25) is 0 Å². The number of hydrogen-bond acceptors (Lipinski definition) is 0. The van der Waals surface area contributed by atoms with Gasteiger partial charge >= 0.3 is 0 Å². The van der Waals surface area contributed by atoms with Crippen molar-refractivity contribution in [1.29, 1.82) is 0 Å². The second-order valence-corrected chi connectivity index (χ2v) is 9.48. The summed E-state index contributed by atoms with van der Waals surface area (Å²) in [5.41, 5.74) is 1.38. The molecule has 2 nitrogen and oxygen atoms in total. The Kier molecular flexibility index (Phi) is 14.1. The van der Waals surface area contributed by atoms with Gasteiger partial charge in [0.05, 0.1) is 5.92 Å². The highest BCUT2D eigenvalue weighted by atomic mass is 15.1. The summed E-state index contributed by atoms with van der Waals surface area (Å²) >= 11 is 0. The van der Waals surface area contributed by atoms with E-state index in [1.807, 2.05) is 0 Å². The van der Waals surface area contributed by atoms with Crippen LogP contribution in [0.5, 0.6) is 0 Å². The van der Waals surface area contributed by atoms with Gasteiger partial charge in [0.15, 0.2) is 0 Å². The predicted octanol–water partition coefficient (Wildman–Crippen LogP) is 8.72. The maximum atomic E-state index is 3.57. The average Bonchev–Trinajstić information content (AvgIpc) is 3.25. The van der Waals surface area contributed by atoms with Gasteiger partial charge in [0, 0.05) is 0 Å². The molecule has 2 heteroatoms. The van der Waals surface area contributed by atoms with Crippen LogP contribution in [0.4, 0.5) is 0 Å². The number of H-pyrrole nitrogens is 1. The highest BCUT2D eigenvalue weighted by molar-refractivity contribution is 5.13. The molecular weight excluding hydrogens is 376 g/mol. The molecule has 0 amide bonds. The van der Waals surface area contributed by atoms with E-state index < -0.39 is 0 Å². The normalized spacial score (nSPS) is 12.3. The van der Waals surface area contributed by atoms with Crippen LogP contribution in [0.3, 0.4) is 0 Å². The van der Waals surface area contributed by atoms with Crippen molar-refractivity contribution in [2.24, 2.45) is 0 Å². The number of imidazole rings is 1. The van der Waals surface area contributed by atoms with Crippen LogP contribution in [-0.4, -0.2) is 4.98 Å². The van der Waals surface area contributed by atoms with Crippen LogP contribution in [-0.2, 0) is 6.54 Å². The van der Waals surface area contributed by atoms with Crippen molar-refractivity contribution in [3.8, 4) is 0 Å². The van der Waals surface area contributed by atoms with E-state index in [2.05, 4.69) is 66.1 Å². The van der Waals surface area contributed by atoms with Gasteiger partial charge in [-0.1, -0.05) is 134 Å². The summed E-state index contributed by atoms with van der Waals surface area (Å²) < 4.78 is 2.43. The highest BCUT2D eigenvalue weighted by Crippen LogP contribution is 2.24. The van der Waals surface area contributed by atoms with E-state index in [1.54, 1.807) is 0 Å². The van der Waals surface area contributed by atoms with Crippen LogP contribution < -0.4 is 4.57 Å². The van der Waals surface area contributed by atoms with E-state index in [1.165, 1.54) is 114 Å². The number of nitrogens with one attached hydrogen (secondary N) is 1. The molecule has 2 rings (SSSR count). The molecule has 0 radical (unpaired) electrons. The fraction of sp³-hybridized carbons (Fsp3) is 0.690. The van der Waals surface area contributed by atoms with Gasteiger partial charge in [-0.05, 0) is 18.4 Å². The molecular formula is C29H49N2+. The predicted molar refractivity (Wildman–Crippen MR) is 134 cm³/mol. The molecule has 174 valence electrons. The summed E-state index contributed by atoms with van der Waals surface area (Å²) in [4.78, 5) is 3.57. The Balaban J connectivity index is 1.59. The molecule has 1 heterocycles. The van der Waals surface area contributed by atoms with Crippen LogP contribution in [0, 0.1) is 0 Å². The van der Waals surface area contributed by atoms with E-state index in [9.17, 15) is 0 Å². The van der Waals surface area contributed by atoms with Crippen LogP contribution in [0.15, 0.2) is 42.7 Å². The number of aromatic nitrogens is 2. The summed E-state index contributed by atoms with van der Waals surface area (Å²) in [6.45, 7) is 5.59. The number of nitrogens with zero attached hydrogens (tertiary/aromatic N) is 1. The first-order valence-corrected chi connectivity index (χ1v) is 13.5. The Morgan fingerprint density at radius 1 is 0.677 bits per heavy atom. The summed E-state index contributed by atoms with van der Waals surface area (Å²) in [7, 11) is 0. The largest absolute Gasteiger partial charge is 0.257 e. The molecule has 0 fully saturated rings. The quantitative estimate of drug-likeness (QED) is 0.171. The van der Waals surface area contributed by atoms with Crippen molar-refractivity contribution in [2.45, 2.75) is 129 Å². The van der Waals surface area contributed by atoms with Crippen molar-refractivity contribution in [3.63, 3.8) is 0 Å². The first kappa shape index (κ1) is 25.7. The zero-order valence-electron chi connectivity index (χ0n) is 20.6. The summed E-state index contributed by atoms with van der Waals surface area (Å²) in [6.07, 6.45) is 26.8. The molecule has 0 aliphatic carbocycles. The summed E-state index contributed by atoms with van der Waals surface area (Å²) in [6, 6.07) is 10.8. The van der Waals surface area contributed by atoms with Crippen molar-refractivity contribution in [2.75, 3.05) is 0 Å². The van der Waals surface area contributed by atoms with Crippen LogP contribution in [0.1, 0.15) is 134 Å². The van der Waals surface area contributed by atoms with Crippen molar-refractivity contribution in [1.82, 2.24) is 4.98 Å². The summed E-state index contributed by atoms with van der Waals surface area (Å²) in [5, 5.41) is 0. The lowest BCUT2D eigenvalue weighted by Crippen LogP contribution is -2.38. The van der Waals surface area contributed by atoms with Crippen LogP contribution in [0.25, 0.3) is 0 Å². The zero-order chi connectivity index (χ0) is 22.0. The third-order valence-electron chi connectivity index (χ3n) is 6.67. The van der Waals surface area contributed by atoms with Gasteiger partial charge in [0.25, 0.3) is 5.82 Å². The third-order valence-corrected chi connectivity index (χ3v) is 6.67. The molecule has 0 aliphatic rings. The minimum atomic E-state index is 0.663. The standard InChI is InChI=1S/C29H48N2/c1-3-5-6-7-8-9-10-11-12-13-14-15-19-23-28(20-4-2)29-30-24-25-31(29)26-27-21-17-16-18-22-27/h16-18,21-22,24-25,28H,3-15,19-20,23,26H2,1-2H3/p+1/t28-/m0/s1. The van der Waals surface area contributed by atoms with Crippen LogP contribution >= 0.6 is 0 Å².